The number of pyridine rings is 2. The molecule has 2 aromatic carbocycles. The van der Waals surface area contributed by atoms with Crippen LogP contribution in [0.4, 0.5) is 21.7 Å². The van der Waals surface area contributed by atoms with E-state index in [4.69, 9.17) is 5.10 Å². The van der Waals surface area contributed by atoms with Crippen molar-refractivity contribution in [2.75, 3.05) is 49.5 Å². The van der Waals surface area contributed by atoms with Gasteiger partial charge in [0.2, 0.25) is 17.7 Å². The first-order chi connectivity index (χ1) is 30.4. The van der Waals surface area contributed by atoms with E-state index in [2.05, 4.69) is 35.3 Å². The minimum atomic E-state index is -0.696. The van der Waals surface area contributed by atoms with Crippen LogP contribution in [0, 0.1) is 25.6 Å². The molecule has 8 heterocycles. The molecule has 0 aliphatic carbocycles. The lowest BCUT2D eigenvalue weighted by Crippen LogP contribution is -2.49. The van der Waals surface area contributed by atoms with Gasteiger partial charge in [0.15, 0.2) is 5.82 Å². The molecule has 3 saturated heterocycles. The van der Waals surface area contributed by atoms with E-state index in [0.29, 0.717) is 53.4 Å². The molecule has 6 aromatic rings. The fourth-order valence-corrected chi connectivity index (χ4v) is 10.3. The molecule has 15 nitrogen and oxygen atoms in total. The van der Waals surface area contributed by atoms with Gasteiger partial charge in [-0.25, -0.2) is 14.2 Å². The summed E-state index contributed by atoms with van der Waals surface area (Å²) < 4.78 is 20.1. The molecule has 0 spiro atoms. The molecule has 16 heteroatoms. The highest BCUT2D eigenvalue weighted by molar-refractivity contribution is 6.00. The standard InChI is InChI=1S/C47H52FN11O4/c1-28-18-29(2)49-25-37(28)36-19-31-21-42(50-24-32(31)20-38(36)48)51-43-23-35-12-17-57(45(61)27-58(35)53-43)33-10-13-55(14-11-33)26-30-8-15-56(16-9-30)34-4-5-39-41(22-34)54(3)47(63)59(39)40-6-7-44(60)52-46(40)62/h4-5,18-25,30,33,40H,6-17,26-27H2,1-3H3,(H,50,51,53)(H,52,60,62). The van der Waals surface area contributed by atoms with Crippen LogP contribution in [0.25, 0.3) is 32.9 Å². The maximum absolute atomic E-state index is 15.2. The molecule has 4 aromatic heterocycles. The van der Waals surface area contributed by atoms with Gasteiger partial charge in [0.25, 0.3) is 0 Å². The molecule has 326 valence electrons. The maximum atomic E-state index is 15.2. The summed E-state index contributed by atoms with van der Waals surface area (Å²) in [6, 6.07) is 14.7. The van der Waals surface area contributed by atoms with Crippen molar-refractivity contribution in [2.45, 2.75) is 77.4 Å². The fraction of sp³-hybridized carbons (Fsp3) is 0.426. The van der Waals surface area contributed by atoms with Crippen LogP contribution in [0.1, 0.15) is 61.5 Å². The molecule has 0 saturated carbocycles. The molecule has 4 aliphatic heterocycles. The zero-order valence-corrected chi connectivity index (χ0v) is 35.9. The zero-order chi connectivity index (χ0) is 43.5. The van der Waals surface area contributed by atoms with E-state index in [1.807, 2.05) is 61.0 Å². The van der Waals surface area contributed by atoms with Crippen LogP contribution in [0.15, 0.2) is 65.7 Å². The summed E-state index contributed by atoms with van der Waals surface area (Å²) in [7, 11) is 1.73. The minimum Gasteiger partial charge on any atom is -0.371 e. The van der Waals surface area contributed by atoms with Gasteiger partial charge in [-0.2, -0.15) is 5.10 Å². The van der Waals surface area contributed by atoms with Crippen LogP contribution in [0.3, 0.4) is 0 Å². The number of hydrogen-bond acceptors (Lipinski definition) is 10. The Morgan fingerprint density at radius 3 is 2.38 bits per heavy atom. The molecule has 2 N–H and O–H groups in total. The van der Waals surface area contributed by atoms with E-state index in [-0.39, 0.29) is 42.3 Å². The van der Waals surface area contributed by atoms with Crippen LogP contribution in [-0.2, 0) is 34.4 Å². The van der Waals surface area contributed by atoms with E-state index in [1.165, 1.54) is 10.6 Å². The van der Waals surface area contributed by atoms with Crippen LogP contribution in [0.5, 0.6) is 0 Å². The first kappa shape index (κ1) is 40.6. The summed E-state index contributed by atoms with van der Waals surface area (Å²) in [5, 5.41) is 12.0. The molecule has 0 radical (unpaired) electrons. The Kier molecular flexibility index (Phi) is 10.6. The molecule has 10 rings (SSSR count). The fourth-order valence-electron chi connectivity index (χ4n) is 10.3. The predicted octanol–water partition coefficient (Wildman–Crippen LogP) is 5.39. The van der Waals surface area contributed by atoms with Crippen molar-refractivity contribution in [1.29, 1.82) is 0 Å². The molecule has 4 aliphatic rings. The Bertz CT molecular complexity index is 2850. The number of aryl methyl sites for hydroxylation is 3. The minimum absolute atomic E-state index is 0.0966. The second-order valence-electron chi connectivity index (χ2n) is 17.8. The quantitative estimate of drug-likeness (QED) is 0.191. The van der Waals surface area contributed by atoms with Crippen LogP contribution in [0.2, 0.25) is 0 Å². The number of likely N-dealkylation sites (tertiary alicyclic amines) is 1. The number of rotatable bonds is 8. The van der Waals surface area contributed by atoms with Gasteiger partial charge in [-0.3, -0.25) is 38.5 Å². The van der Waals surface area contributed by atoms with Crippen molar-refractivity contribution in [1.82, 2.24) is 44.0 Å². The number of hydrogen-bond donors (Lipinski definition) is 2. The molecule has 63 heavy (non-hydrogen) atoms. The first-order valence-electron chi connectivity index (χ1n) is 22.1. The summed E-state index contributed by atoms with van der Waals surface area (Å²) >= 11 is 0. The Hall–Kier alpha value is -6.42. The lowest BCUT2D eigenvalue weighted by atomic mass is 9.94. The van der Waals surface area contributed by atoms with Crippen LogP contribution in [-0.4, -0.2) is 102 Å². The number of benzene rings is 2. The molecule has 1 unspecified atom stereocenters. The van der Waals surface area contributed by atoms with E-state index < -0.39 is 11.9 Å². The van der Waals surface area contributed by atoms with Crippen molar-refractivity contribution in [3.8, 4) is 11.1 Å². The summed E-state index contributed by atoms with van der Waals surface area (Å²) in [6.07, 6.45) is 8.68. The van der Waals surface area contributed by atoms with Gasteiger partial charge in [-0.1, -0.05) is 0 Å². The van der Waals surface area contributed by atoms with Crippen molar-refractivity contribution in [3.05, 3.63) is 94.2 Å². The van der Waals surface area contributed by atoms with Gasteiger partial charge in [-0.05, 0) is 105 Å². The number of anilines is 3. The molecule has 3 fully saturated rings. The summed E-state index contributed by atoms with van der Waals surface area (Å²) in [5.41, 5.74) is 6.39. The largest absolute Gasteiger partial charge is 0.371 e. The number of halogens is 1. The smallest absolute Gasteiger partial charge is 0.329 e. The normalized spacial score (nSPS) is 19.5. The second kappa shape index (κ2) is 16.4. The van der Waals surface area contributed by atoms with E-state index in [1.54, 1.807) is 24.0 Å². The number of piperidine rings is 3. The summed E-state index contributed by atoms with van der Waals surface area (Å²) in [4.78, 5) is 67.3. The lowest BCUT2D eigenvalue weighted by molar-refractivity contribution is -0.136. The highest BCUT2D eigenvalue weighted by Gasteiger charge is 2.34. The molecule has 0 bridgehead atoms. The first-order valence-corrected chi connectivity index (χ1v) is 22.1. The average molecular weight is 854 g/mol. The van der Waals surface area contributed by atoms with E-state index >= 15 is 4.39 Å². The van der Waals surface area contributed by atoms with Gasteiger partial charge in [0.05, 0.1) is 11.0 Å². The Morgan fingerprint density at radius 1 is 0.794 bits per heavy atom. The van der Waals surface area contributed by atoms with Crippen LogP contribution < -0.4 is 21.2 Å². The Labute approximate surface area is 363 Å². The van der Waals surface area contributed by atoms with Crippen LogP contribution >= 0.6 is 0 Å². The Morgan fingerprint density at radius 2 is 1.60 bits per heavy atom. The number of fused-ring (bicyclic) bond motifs is 3. The summed E-state index contributed by atoms with van der Waals surface area (Å²) in [5.74, 6) is 0.844. The number of carbonyl (C=O) groups excluding carboxylic acids is 3. The van der Waals surface area contributed by atoms with Gasteiger partial charge in [-0.15, -0.1) is 0 Å². The third-order valence-electron chi connectivity index (χ3n) is 13.8. The van der Waals surface area contributed by atoms with Crippen molar-refractivity contribution < 1.29 is 18.8 Å². The molecular weight excluding hydrogens is 802 g/mol. The molecule has 1 atom stereocenters. The van der Waals surface area contributed by atoms with Crippen molar-refractivity contribution in [3.63, 3.8) is 0 Å². The third-order valence-corrected chi connectivity index (χ3v) is 13.8. The van der Waals surface area contributed by atoms with Gasteiger partial charge in [0.1, 0.15) is 24.2 Å². The van der Waals surface area contributed by atoms with E-state index in [9.17, 15) is 19.2 Å². The van der Waals surface area contributed by atoms with E-state index in [0.717, 1.165) is 97.5 Å². The SMILES string of the molecule is Cc1cc(C)c(-c2cc3cc(Nc4cc5n(n4)CC(=O)N(C4CCN(CC6CCN(c7ccc8c(c7)n(C)c(=O)n8C7CCC(=O)NC7=O)CC6)CC4)CC5)ncc3cc2F)cn1. The topological polar surface area (TPSA) is 156 Å². The lowest BCUT2D eigenvalue weighted by Gasteiger charge is -2.41. The molecular formula is C47H52FN11O4. The number of nitrogens with zero attached hydrogens (tertiary/aromatic N) is 9. The number of imidazole rings is 1. The van der Waals surface area contributed by atoms with Gasteiger partial charge < -0.3 is 20.0 Å². The number of amides is 3. The zero-order valence-electron chi connectivity index (χ0n) is 35.9. The third kappa shape index (κ3) is 7.85. The number of nitrogens with one attached hydrogen (secondary N) is 2. The number of aromatic nitrogens is 6. The average Bonchev–Trinajstić information content (AvgIpc) is 3.70. The van der Waals surface area contributed by atoms with Crippen molar-refractivity contribution in [2.24, 2.45) is 13.0 Å². The highest BCUT2D eigenvalue weighted by Crippen LogP contribution is 2.33. The predicted molar refractivity (Wildman–Crippen MR) is 238 cm³/mol. The molecule has 3 amide bonds. The number of carbonyl (C=O) groups is 3. The Balaban J connectivity index is 0.713. The van der Waals surface area contributed by atoms with Gasteiger partial charge in [0, 0.05) is 117 Å². The summed E-state index contributed by atoms with van der Waals surface area (Å²) in [6.45, 7) is 9.58. The highest BCUT2D eigenvalue weighted by atomic mass is 19.1. The monoisotopic (exact) mass is 853 g/mol. The number of imide groups is 1. The maximum Gasteiger partial charge on any atom is 0.329 e. The second-order valence-corrected chi connectivity index (χ2v) is 17.8. The van der Waals surface area contributed by atoms with Gasteiger partial charge >= 0.3 is 5.69 Å². The van der Waals surface area contributed by atoms with Crippen molar-refractivity contribution >= 4 is 56.9 Å².